The van der Waals surface area contributed by atoms with Crippen LogP contribution in [0.1, 0.15) is 15.9 Å². The van der Waals surface area contributed by atoms with Crippen LogP contribution in [-0.2, 0) is 0 Å². The van der Waals surface area contributed by atoms with Gasteiger partial charge in [0.05, 0.1) is 11.3 Å². The zero-order valence-corrected chi connectivity index (χ0v) is 12.5. The van der Waals surface area contributed by atoms with E-state index >= 15 is 0 Å². The van der Waals surface area contributed by atoms with Crippen LogP contribution in [0.15, 0.2) is 24.3 Å². The summed E-state index contributed by atoms with van der Waals surface area (Å²) >= 11 is 17.4. The third kappa shape index (κ3) is 3.15. The first-order valence-corrected chi connectivity index (χ1v) is 6.64. The summed E-state index contributed by atoms with van der Waals surface area (Å²) in [6.07, 6.45) is 0. The average molecular weight is 332 g/mol. The van der Waals surface area contributed by atoms with Crippen molar-refractivity contribution in [1.29, 1.82) is 0 Å². The van der Waals surface area contributed by atoms with Crippen LogP contribution in [0.25, 0.3) is 0 Å². The quantitative estimate of drug-likeness (QED) is 0.806. The number of carbonyl (C=O) groups is 1. The molecule has 0 saturated carbocycles. The number of anilines is 1. The molecule has 1 heterocycles. The number of hydrogen-bond acceptors (Lipinski definition) is 3. The molecule has 0 atom stereocenters. The molecule has 0 fully saturated rings. The maximum Gasteiger partial charge on any atom is 0.259 e. The van der Waals surface area contributed by atoms with Crippen molar-refractivity contribution in [3.8, 4) is 5.75 Å². The van der Waals surface area contributed by atoms with Gasteiger partial charge in [-0.1, -0.05) is 34.8 Å². The summed E-state index contributed by atoms with van der Waals surface area (Å²) in [4.78, 5) is 16.0. The maximum atomic E-state index is 12.1. The number of phenols is 1. The number of halogens is 3. The smallest absolute Gasteiger partial charge is 0.259 e. The number of amides is 1. The third-order valence-electron chi connectivity index (χ3n) is 2.58. The van der Waals surface area contributed by atoms with Crippen molar-refractivity contribution >= 4 is 46.4 Å². The molecule has 2 aromatic rings. The first-order chi connectivity index (χ1) is 9.38. The van der Waals surface area contributed by atoms with Crippen LogP contribution in [-0.4, -0.2) is 16.0 Å². The molecule has 7 heteroatoms. The second-order valence-corrected chi connectivity index (χ2v) is 5.22. The van der Waals surface area contributed by atoms with Gasteiger partial charge in [-0.25, -0.2) is 4.98 Å². The monoisotopic (exact) mass is 330 g/mol. The van der Waals surface area contributed by atoms with E-state index in [9.17, 15) is 9.90 Å². The fraction of sp³-hybridized carbons (Fsp3) is 0.0769. The fourth-order valence-corrected chi connectivity index (χ4v) is 2.37. The minimum absolute atomic E-state index is 0.0804. The summed E-state index contributed by atoms with van der Waals surface area (Å²) in [7, 11) is 0. The van der Waals surface area contributed by atoms with Crippen molar-refractivity contribution in [1.82, 2.24) is 4.98 Å². The Hall–Kier alpha value is -1.49. The highest BCUT2D eigenvalue weighted by Crippen LogP contribution is 2.28. The molecule has 2 rings (SSSR count). The van der Waals surface area contributed by atoms with Crippen molar-refractivity contribution in [2.45, 2.75) is 6.92 Å². The van der Waals surface area contributed by atoms with Crippen LogP contribution in [0, 0.1) is 6.92 Å². The van der Waals surface area contributed by atoms with E-state index in [2.05, 4.69) is 10.3 Å². The Bertz CT molecular complexity index is 666. The largest absolute Gasteiger partial charge is 0.507 e. The minimum atomic E-state index is -0.520. The number of aromatic nitrogens is 1. The lowest BCUT2D eigenvalue weighted by Crippen LogP contribution is -2.13. The number of aromatic hydroxyl groups is 1. The number of rotatable bonds is 2. The lowest BCUT2D eigenvalue weighted by Gasteiger charge is -2.11. The summed E-state index contributed by atoms with van der Waals surface area (Å²) in [6.45, 7) is 1.73. The summed E-state index contributed by atoms with van der Waals surface area (Å²) < 4.78 is 0. The predicted octanol–water partition coefficient (Wildman–Crippen LogP) is 4.31. The van der Waals surface area contributed by atoms with Crippen molar-refractivity contribution < 1.29 is 9.90 Å². The Balaban J connectivity index is 2.33. The van der Waals surface area contributed by atoms with Gasteiger partial charge in [-0.15, -0.1) is 0 Å². The number of phenolic OH excluding ortho intramolecular Hbond substituents is 1. The SMILES string of the molecule is Cc1cc(Cl)nc(Cl)c1NC(=O)c1ccc(Cl)cc1O. The van der Waals surface area contributed by atoms with Crippen LogP contribution < -0.4 is 5.32 Å². The molecule has 104 valence electrons. The molecule has 1 aromatic carbocycles. The molecule has 20 heavy (non-hydrogen) atoms. The molecule has 0 bridgehead atoms. The average Bonchev–Trinajstić information content (AvgIpc) is 2.33. The Morgan fingerprint density at radius 2 is 1.95 bits per heavy atom. The summed E-state index contributed by atoms with van der Waals surface area (Å²) in [5.74, 6) is -0.737. The standard InChI is InChI=1S/C13H9Cl3N2O2/c1-6-4-10(15)17-12(16)11(6)18-13(20)8-3-2-7(14)5-9(8)19/h2-5,19H,1H3,(H,18,20). The normalized spacial score (nSPS) is 10.4. The number of nitrogens with one attached hydrogen (secondary N) is 1. The van der Waals surface area contributed by atoms with Gasteiger partial charge in [0.2, 0.25) is 0 Å². The second kappa shape index (κ2) is 5.87. The van der Waals surface area contributed by atoms with Gasteiger partial charge in [0.15, 0.2) is 5.15 Å². The highest BCUT2D eigenvalue weighted by molar-refractivity contribution is 6.35. The van der Waals surface area contributed by atoms with Crippen molar-refractivity contribution in [3.05, 3.63) is 50.7 Å². The van der Waals surface area contributed by atoms with Gasteiger partial charge in [0, 0.05) is 5.02 Å². The molecular formula is C13H9Cl3N2O2. The van der Waals surface area contributed by atoms with Gasteiger partial charge < -0.3 is 10.4 Å². The molecule has 2 N–H and O–H groups in total. The van der Waals surface area contributed by atoms with E-state index < -0.39 is 5.91 Å². The van der Waals surface area contributed by atoms with E-state index in [-0.39, 0.29) is 21.6 Å². The predicted molar refractivity (Wildman–Crippen MR) is 80.1 cm³/mol. The zero-order chi connectivity index (χ0) is 14.9. The number of pyridine rings is 1. The van der Waals surface area contributed by atoms with Crippen molar-refractivity contribution in [2.75, 3.05) is 5.32 Å². The Labute approximate surface area is 130 Å². The first kappa shape index (κ1) is 14.9. The van der Waals surface area contributed by atoms with E-state index in [0.717, 1.165) is 0 Å². The van der Waals surface area contributed by atoms with E-state index in [4.69, 9.17) is 34.8 Å². The number of carbonyl (C=O) groups excluding carboxylic acids is 1. The summed E-state index contributed by atoms with van der Waals surface area (Å²) in [5.41, 5.74) is 1.09. The van der Waals surface area contributed by atoms with E-state index in [0.29, 0.717) is 16.3 Å². The van der Waals surface area contributed by atoms with Gasteiger partial charge in [0.25, 0.3) is 5.91 Å². The molecule has 0 spiro atoms. The Morgan fingerprint density at radius 3 is 2.55 bits per heavy atom. The molecule has 0 aliphatic carbocycles. The van der Waals surface area contributed by atoms with Gasteiger partial charge in [-0.2, -0.15) is 0 Å². The summed E-state index contributed by atoms with van der Waals surface area (Å²) in [6, 6.07) is 5.78. The van der Waals surface area contributed by atoms with Crippen LogP contribution >= 0.6 is 34.8 Å². The number of aryl methyl sites for hydroxylation is 1. The highest BCUT2D eigenvalue weighted by atomic mass is 35.5. The molecule has 1 aromatic heterocycles. The molecule has 0 aliphatic heterocycles. The lowest BCUT2D eigenvalue weighted by molar-refractivity contribution is 0.102. The van der Waals surface area contributed by atoms with E-state index in [1.807, 2.05) is 0 Å². The second-order valence-electron chi connectivity index (χ2n) is 4.04. The van der Waals surface area contributed by atoms with Gasteiger partial charge in [-0.05, 0) is 36.8 Å². The van der Waals surface area contributed by atoms with Crippen LogP contribution in [0.2, 0.25) is 15.3 Å². The fourth-order valence-electron chi connectivity index (χ4n) is 1.62. The highest BCUT2D eigenvalue weighted by Gasteiger charge is 2.15. The number of hydrogen-bond donors (Lipinski definition) is 2. The number of benzene rings is 1. The molecular weight excluding hydrogens is 323 g/mol. The van der Waals surface area contributed by atoms with Crippen LogP contribution in [0.4, 0.5) is 5.69 Å². The van der Waals surface area contributed by atoms with Crippen LogP contribution in [0.5, 0.6) is 5.75 Å². The lowest BCUT2D eigenvalue weighted by atomic mass is 10.1. The Kier molecular flexibility index (Phi) is 4.38. The molecule has 0 radical (unpaired) electrons. The van der Waals surface area contributed by atoms with Gasteiger partial charge in [-0.3, -0.25) is 4.79 Å². The number of nitrogens with zero attached hydrogens (tertiary/aromatic N) is 1. The van der Waals surface area contributed by atoms with Crippen LogP contribution in [0.3, 0.4) is 0 Å². The zero-order valence-electron chi connectivity index (χ0n) is 10.2. The third-order valence-corrected chi connectivity index (χ3v) is 3.29. The van der Waals surface area contributed by atoms with E-state index in [1.54, 1.807) is 13.0 Å². The summed E-state index contributed by atoms with van der Waals surface area (Å²) in [5, 5.41) is 12.9. The molecule has 0 unspecified atom stereocenters. The maximum absolute atomic E-state index is 12.1. The topological polar surface area (TPSA) is 62.2 Å². The minimum Gasteiger partial charge on any atom is -0.507 e. The van der Waals surface area contributed by atoms with Crippen molar-refractivity contribution in [3.63, 3.8) is 0 Å². The van der Waals surface area contributed by atoms with Gasteiger partial charge >= 0.3 is 0 Å². The molecule has 4 nitrogen and oxygen atoms in total. The Morgan fingerprint density at radius 1 is 1.25 bits per heavy atom. The first-order valence-electron chi connectivity index (χ1n) is 5.51. The van der Waals surface area contributed by atoms with E-state index in [1.165, 1.54) is 18.2 Å². The van der Waals surface area contributed by atoms with Gasteiger partial charge in [0.1, 0.15) is 10.9 Å². The molecule has 0 saturated heterocycles. The molecule has 1 amide bonds. The van der Waals surface area contributed by atoms with Crippen molar-refractivity contribution in [2.24, 2.45) is 0 Å². The molecule has 0 aliphatic rings.